The highest BCUT2D eigenvalue weighted by atomic mass is 35.5. The molecule has 2 heterocycles. The molecule has 11 nitrogen and oxygen atoms in total. The summed E-state index contributed by atoms with van der Waals surface area (Å²) in [5.74, 6) is 0.358. The summed E-state index contributed by atoms with van der Waals surface area (Å²) in [4.78, 5) is 11.7. The summed E-state index contributed by atoms with van der Waals surface area (Å²) < 4.78 is 33.6. The van der Waals surface area contributed by atoms with Gasteiger partial charge >= 0.3 is 0 Å². The molecular formula is C24H15Cl3N8O3S. The third kappa shape index (κ3) is 6.21. The fourth-order valence-corrected chi connectivity index (χ4v) is 4.42. The Labute approximate surface area is 236 Å². The van der Waals surface area contributed by atoms with Crippen molar-refractivity contribution in [2.24, 2.45) is 10.2 Å². The second-order valence-electron chi connectivity index (χ2n) is 7.79. The van der Waals surface area contributed by atoms with E-state index in [1.165, 1.54) is 24.3 Å². The fourth-order valence-electron chi connectivity index (χ4n) is 3.46. The van der Waals surface area contributed by atoms with Gasteiger partial charge in [0.25, 0.3) is 10.1 Å². The molecule has 39 heavy (non-hydrogen) atoms. The van der Waals surface area contributed by atoms with Crippen LogP contribution < -0.4 is 5.32 Å². The first kappa shape index (κ1) is 26.7. The lowest BCUT2D eigenvalue weighted by Crippen LogP contribution is -2.05. The van der Waals surface area contributed by atoms with Crippen LogP contribution >= 0.6 is 34.8 Å². The summed E-state index contributed by atoms with van der Waals surface area (Å²) >= 11 is 18.1. The van der Waals surface area contributed by atoms with Crippen molar-refractivity contribution in [1.82, 2.24) is 24.7 Å². The second kappa shape index (κ2) is 11.0. The number of hydrogen-bond donors (Lipinski definition) is 2. The number of anilines is 2. The summed E-state index contributed by atoms with van der Waals surface area (Å²) in [6, 6.07) is 21.4. The zero-order valence-electron chi connectivity index (χ0n) is 19.4. The molecule has 0 amide bonds. The third-order valence-corrected chi connectivity index (χ3v) is 6.65. The quantitative estimate of drug-likeness (QED) is 0.148. The van der Waals surface area contributed by atoms with E-state index >= 15 is 0 Å². The number of rotatable bonds is 7. The maximum atomic E-state index is 11.4. The number of halogens is 3. The van der Waals surface area contributed by atoms with Crippen molar-refractivity contribution >= 4 is 68.1 Å². The van der Waals surface area contributed by atoms with Crippen molar-refractivity contribution in [2.45, 2.75) is 4.90 Å². The molecule has 2 aromatic heterocycles. The fraction of sp³-hybridized carbons (Fsp3) is 0. The molecule has 0 saturated heterocycles. The Morgan fingerprint density at radius 2 is 1.44 bits per heavy atom. The number of benzene rings is 3. The number of nitrogens with one attached hydrogen (secondary N) is 1. The van der Waals surface area contributed by atoms with Crippen LogP contribution in [0.25, 0.3) is 16.9 Å². The SMILES string of the molecule is O=S(=O)(O)c1ccc(N=Nc2c(-c3ccc(Cl)cc3)nn(-c3ccccc3)c2Nc2nc(Cl)nc(Cl)n2)cc1. The van der Waals surface area contributed by atoms with Gasteiger partial charge in [0.1, 0.15) is 5.69 Å². The lowest BCUT2D eigenvalue weighted by atomic mass is 10.1. The molecule has 0 aliphatic rings. The number of aromatic nitrogens is 5. The highest BCUT2D eigenvalue weighted by Crippen LogP contribution is 2.40. The van der Waals surface area contributed by atoms with Gasteiger partial charge in [-0.3, -0.25) is 4.55 Å². The van der Waals surface area contributed by atoms with Crippen molar-refractivity contribution in [2.75, 3.05) is 5.32 Å². The van der Waals surface area contributed by atoms with Crippen LogP contribution in [0.15, 0.2) is 94.0 Å². The predicted molar refractivity (Wildman–Crippen MR) is 148 cm³/mol. The Bertz CT molecular complexity index is 1760. The average Bonchev–Trinajstić information content (AvgIpc) is 3.25. The van der Waals surface area contributed by atoms with E-state index in [-0.39, 0.29) is 27.1 Å². The maximum absolute atomic E-state index is 11.4. The van der Waals surface area contributed by atoms with Crippen LogP contribution in [0.4, 0.5) is 23.1 Å². The molecule has 0 saturated carbocycles. The van der Waals surface area contributed by atoms with Gasteiger partial charge in [0.05, 0.1) is 16.3 Å². The largest absolute Gasteiger partial charge is 0.307 e. The van der Waals surface area contributed by atoms with Gasteiger partial charge in [-0.2, -0.15) is 33.6 Å². The lowest BCUT2D eigenvalue weighted by molar-refractivity contribution is 0.483. The molecule has 15 heteroatoms. The highest BCUT2D eigenvalue weighted by Gasteiger charge is 2.22. The van der Waals surface area contributed by atoms with Crippen LogP contribution in [0.1, 0.15) is 0 Å². The van der Waals surface area contributed by atoms with Crippen LogP contribution in [0.5, 0.6) is 0 Å². The molecule has 0 spiro atoms. The van der Waals surface area contributed by atoms with Crippen molar-refractivity contribution in [3.8, 4) is 16.9 Å². The van der Waals surface area contributed by atoms with Gasteiger partial charge in [0.2, 0.25) is 16.5 Å². The summed E-state index contributed by atoms with van der Waals surface area (Å²) in [5.41, 5.74) is 2.39. The van der Waals surface area contributed by atoms with Crippen molar-refractivity contribution < 1.29 is 13.0 Å². The molecule has 2 N–H and O–H groups in total. The van der Waals surface area contributed by atoms with Crippen molar-refractivity contribution in [3.63, 3.8) is 0 Å². The van der Waals surface area contributed by atoms with Gasteiger partial charge in [-0.25, -0.2) is 4.68 Å². The van der Waals surface area contributed by atoms with Crippen LogP contribution in [-0.4, -0.2) is 37.7 Å². The van der Waals surface area contributed by atoms with Gasteiger partial charge in [-0.15, -0.1) is 5.11 Å². The summed E-state index contributed by atoms with van der Waals surface area (Å²) in [6.07, 6.45) is 0. The minimum Gasteiger partial charge on any atom is -0.307 e. The van der Waals surface area contributed by atoms with Crippen LogP contribution in [0.2, 0.25) is 15.6 Å². The third-order valence-electron chi connectivity index (χ3n) is 5.19. The summed E-state index contributed by atoms with van der Waals surface area (Å²) in [6.45, 7) is 0. The van der Waals surface area contributed by atoms with Crippen LogP contribution in [0, 0.1) is 0 Å². The first-order valence-corrected chi connectivity index (χ1v) is 13.5. The molecule has 0 bridgehead atoms. The van der Waals surface area contributed by atoms with E-state index < -0.39 is 10.1 Å². The first-order valence-electron chi connectivity index (χ1n) is 11.0. The van der Waals surface area contributed by atoms with E-state index in [0.717, 1.165) is 0 Å². The first-order chi connectivity index (χ1) is 18.7. The highest BCUT2D eigenvalue weighted by molar-refractivity contribution is 7.85. The van der Waals surface area contributed by atoms with Gasteiger partial charge in [-0.1, -0.05) is 41.9 Å². The molecule has 0 unspecified atom stereocenters. The summed E-state index contributed by atoms with van der Waals surface area (Å²) in [5, 5.41) is 16.9. The smallest absolute Gasteiger partial charge is 0.294 e. The minimum absolute atomic E-state index is 0.0358. The molecule has 3 aromatic carbocycles. The number of nitrogens with zero attached hydrogens (tertiary/aromatic N) is 7. The van der Waals surface area contributed by atoms with Gasteiger partial charge in [0, 0.05) is 10.6 Å². The van der Waals surface area contributed by atoms with Crippen molar-refractivity contribution in [1.29, 1.82) is 0 Å². The van der Waals surface area contributed by atoms with E-state index in [0.29, 0.717) is 33.5 Å². The average molecular weight is 602 g/mol. The van der Waals surface area contributed by atoms with Crippen LogP contribution in [-0.2, 0) is 10.1 Å². The molecule has 0 aliphatic carbocycles. The van der Waals surface area contributed by atoms with E-state index in [1.54, 1.807) is 28.9 Å². The Morgan fingerprint density at radius 3 is 2.05 bits per heavy atom. The molecule has 5 rings (SSSR count). The Hall–Kier alpha value is -3.94. The lowest BCUT2D eigenvalue weighted by Gasteiger charge is -2.09. The second-order valence-corrected chi connectivity index (χ2v) is 10.3. The molecule has 0 radical (unpaired) electrons. The normalized spacial score (nSPS) is 11.7. The monoisotopic (exact) mass is 600 g/mol. The summed E-state index contributed by atoms with van der Waals surface area (Å²) in [7, 11) is -4.36. The number of para-hydroxylation sites is 1. The molecule has 0 aliphatic heterocycles. The number of azo groups is 1. The standard InChI is InChI=1S/C24H15Cl3N8O3S/c25-15-8-6-14(7-9-15)19-20(33-32-16-10-12-18(13-11-16)39(36,37)38)21(28-24-30-22(26)29-23(27)31-24)35(34-19)17-4-2-1-3-5-17/h1-13H,(H,36,37,38)(H,28,29,30,31). The van der Waals surface area contributed by atoms with Gasteiger partial charge < -0.3 is 5.32 Å². The van der Waals surface area contributed by atoms with E-state index in [2.05, 4.69) is 30.5 Å². The minimum atomic E-state index is -4.36. The van der Waals surface area contributed by atoms with Gasteiger partial charge in [-0.05, 0) is 71.7 Å². The zero-order valence-corrected chi connectivity index (χ0v) is 22.5. The molecule has 5 aromatic rings. The van der Waals surface area contributed by atoms with E-state index in [1.807, 2.05) is 30.3 Å². The Balaban J connectivity index is 1.70. The Kier molecular flexibility index (Phi) is 7.55. The zero-order chi connectivity index (χ0) is 27.6. The topological polar surface area (TPSA) is 148 Å². The van der Waals surface area contributed by atoms with E-state index in [9.17, 15) is 13.0 Å². The van der Waals surface area contributed by atoms with Crippen LogP contribution in [0.3, 0.4) is 0 Å². The predicted octanol–water partition coefficient (Wildman–Crippen LogP) is 7.09. The number of hydrogen-bond acceptors (Lipinski definition) is 9. The maximum Gasteiger partial charge on any atom is 0.294 e. The molecule has 0 atom stereocenters. The molecular weight excluding hydrogens is 587 g/mol. The molecule has 0 fully saturated rings. The molecule has 196 valence electrons. The van der Waals surface area contributed by atoms with Gasteiger partial charge in [0.15, 0.2) is 11.5 Å². The van der Waals surface area contributed by atoms with Crippen molar-refractivity contribution in [3.05, 3.63) is 94.5 Å². The Morgan fingerprint density at radius 1 is 0.795 bits per heavy atom. The van der Waals surface area contributed by atoms with E-state index in [4.69, 9.17) is 39.9 Å².